The fourth-order valence-electron chi connectivity index (χ4n) is 14.2. The lowest BCUT2D eigenvalue weighted by Gasteiger charge is -2.69. The van der Waals surface area contributed by atoms with Crippen LogP contribution in [0.15, 0.2) is 11.1 Å². The van der Waals surface area contributed by atoms with E-state index < -0.39 is 17.6 Å². The van der Waals surface area contributed by atoms with Crippen molar-refractivity contribution in [1.82, 2.24) is 10.6 Å². The average Bonchev–Trinajstić information content (AvgIpc) is 3.36. The lowest BCUT2D eigenvalue weighted by Crippen LogP contribution is -2.62. The Balaban J connectivity index is 1.19. The molecule has 0 aromatic rings. The molecule has 0 aromatic heterocycles. The molecule has 13 unspecified atom stereocenters. The minimum Gasteiger partial charge on any atom is -0.481 e. The van der Waals surface area contributed by atoms with E-state index in [2.05, 4.69) is 52.2 Å². The first kappa shape index (κ1) is 39.6. The number of hydrogen-bond acceptors (Lipinski definition) is 6. The Morgan fingerprint density at radius 2 is 1.65 bits per heavy atom. The van der Waals surface area contributed by atoms with Gasteiger partial charge in [-0.15, -0.1) is 0 Å². The first-order valence-electron chi connectivity index (χ1n) is 20.9. The molecule has 0 aromatic carbocycles. The predicted molar refractivity (Wildman–Crippen MR) is 203 cm³/mol. The van der Waals surface area contributed by atoms with Gasteiger partial charge in [-0.3, -0.25) is 19.2 Å². The molecule has 6 rings (SSSR count). The third-order valence-electron chi connectivity index (χ3n) is 17.5. The number of rotatable bonds is 13. The van der Waals surface area contributed by atoms with E-state index in [4.69, 9.17) is 0 Å². The number of carboxylic acid groups (broad SMARTS) is 1. The van der Waals surface area contributed by atoms with E-state index in [9.17, 15) is 29.4 Å². The van der Waals surface area contributed by atoms with Crippen LogP contribution in [-0.2, 0) is 19.2 Å². The number of hydrogen-bond donors (Lipinski definition) is 4. The summed E-state index contributed by atoms with van der Waals surface area (Å²) in [6, 6.07) is 0. The first-order chi connectivity index (χ1) is 24.3. The number of allylic oxidation sites excluding steroid dienone is 2. The smallest absolute Gasteiger partial charge is 0.306 e. The number of aliphatic hydroxyl groups excluding tert-OH is 1. The SMILES string of the molecule is CC(C)C1=C2C3CCC4C(C)(CCC5C(C)(C)C(CC(=O)C6CC(C(=O)O)C6C)CCC54C)C3CCC2(CCNCC(C)(NC=O)C(C)O)CC1=O. The van der Waals surface area contributed by atoms with Gasteiger partial charge in [0.05, 0.1) is 17.6 Å². The number of carbonyl (C=O) groups excluding carboxylic acids is 3. The number of Topliss-reactive ketones (excluding diaryl/α,β-unsaturated/α-hetero) is 2. The van der Waals surface area contributed by atoms with Gasteiger partial charge in [-0.2, -0.15) is 0 Å². The molecule has 6 aliphatic rings. The topological polar surface area (TPSA) is 133 Å². The number of nitrogens with one attached hydrogen (secondary N) is 2. The molecule has 0 spiro atoms. The van der Waals surface area contributed by atoms with Gasteiger partial charge in [-0.25, -0.2) is 0 Å². The van der Waals surface area contributed by atoms with Crippen LogP contribution < -0.4 is 10.6 Å². The van der Waals surface area contributed by atoms with Gasteiger partial charge >= 0.3 is 5.97 Å². The monoisotopic (exact) mass is 723 g/mol. The van der Waals surface area contributed by atoms with E-state index in [0.717, 1.165) is 50.6 Å². The Kier molecular flexibility index (Phi) is 10.6. The van der Waals surface area contributed by atoms with Crippen LogP contribution in [0, 0.1) is 74.9 Å². The average molecular weight is 723 g/mol. The van der Waals surface area contributed by atoms with Crippen LogP contribution in [0.1, 0.15) is 139 Å². The van der Waals surface area contributed by atoms with Crippen molar-refractivity contribution in [3.05, 3.63) is 11.1 Å². The van der Waals surface area contributed by atoms with Gasteiger partial charge in [0.2, 0.25) is 6.41 Å². The highest BCUT2D eigenvalue weighted by atomic mass is 16.4. The second-order valence-electron chi connectivity index (χ2n) is 20.5. The Morgan fingerprint density at radius 3 is 2.27 bits per heavy atom. The van der Waals surface area contributed by atoms with E-state index in [-0.39, 0.29) is 45.3 Å². The lowest BCUT2D eigenvalue weighted by atomic mass is 9.35. The zero-order valence-electron chi connectivity index (χ0n) is 33.8. The molecular weight excluding hydrogens is 652 g/mol. The summed E-state index contributed by atoms with van der Waals surface area (Å²) in [6.07, 6.45) is 11.8. The van der Waals surface area contributed by atoms with Gasteiger partial charge in [0.25, 0.3) is 0 Å². The van der Waals surface area contributed by atoms with Crippen molar-refractivity contribution in [2.24, 2.45) is 74.9 Å². The lowest BCUT2D eigenvalue weighted by molar-refractivity contribution is -0.193. The van der Waals surface area contributed by atoms with E-state index in [1.807, 2.05) is 13.8 Å². The van der Waals surface area contributed by atoms with Crippen LogP contribution in [0.2, 0.25) is 0 Å². The molecule has 5 fully saturated rings. The van der Waals surface area contributed by atoms with Gasteiger partial charge < -0.3 is 20.8 Å². The largest absolute Gasteiger partial charge is 0.481 e. The first-order valence-corrected chi connectivity index (χ1v) is 20.9. The third-order valence-corrected chi connectivity index (χ3v) is 17.5. The predicted octanol–water partition coefficient (Wildman–Crippen LogP) is 7.37. The summed E-state index contributed by atoms with van der Waals surface area (Å²) in [5.41, 5.74) is 2.23. The third kappa shape index (κ3) is 6.16. The highest BCUT2D eigenvalue weighted by Crippen LogP contribution is 2.74. The molecule has 5 saturated carbocycles. The quantitative estimate of drug-likeness (QED) is 0.115. The molecule has 292 valence electrons. The maximum atomic E-state index is 13.9. The summed E-state index contributed by atoms with van der Waals surface area (Å²) < 4.78 is 0. The molecule has 6 aliphatic carbocycles. The summed E-state index contributed by atoms with van der Waals surface area (Å²) in [5, 5.41) is 26.2. The molecule has 52 heavy (non-hydrogen) atoms. The standard InChI is InChI=1S/C44H70N2O6/c1-25(2)37-34(50)22-44(18-19-45-23-43(9,27(4)48)46-24-47)17-13-32-29(38(37)44)10-11-36-41(32,7)16-14-35-40(5,6)28(12-15-42(35,36)8)20-33(49)30-21-31(26(30)3)39(51)52/h24-32,35-36,45,48H,10-23H2,1-9H3,(H,46,47)(H,51,52). The Labute approximate surface area is 313 Å². The summed E-state index contributed by atoms with van der Waals surface area (Å²) in [5.74, 6) is 2.11. The van der Waals surface area contributed by atoms with Gasteiger partial charge in [-0.1, -0.05) is 54.0 Å². The Hall–Kier alpha value is -2.06. The fourth-order valence-corrected chi connectivity index (χ4v) is 14.2. The van der Waals surface area contributed by atoms with Crippen molar-refractivity contribution in [3.63, 3.8) is 0 Å². The van der Waals surface area contributed by atoms with Gasteiger partial charge in [0.15, 0.2) is 5.78 Å². The fraction of sp³-hybridized carbons (Fsp3) is 0.864. The summed E-state index contributed by atoms with van der Waals surface area (Å²) >= 11 is 0. The van der Waals surface area contributed by atoms with Crippen LogP contribution in [0.25, 0.3) is 0 Å². The number of ketones is 2. The van der Waals surface area contributed by atoms with Gasteiger partial charge in [0.1, 0.15) is 5.78 Å². The molecule has 0 aliphatic heterocycles. The van der Waals surface area contributed by atoms with Crippen molar-refractivity contribution in [3.8, 4) is 0 Å². The maximum Gasteiger partial charge on any atom is 0.306 e. The number of carboxylic acids is 1. The summed E-state index contributed by atoms with van der Waals surface area (Å²) in [7, 11) is 0. The molecule has 8 heteroatoms. The van der Waals surface area contributed by atoms with Crippen LogP contribution in [-0.4, -0.2) is 58.9 Å². The highest BCUT2D eigenvalue weighted by molar-refractivity contribution is 6.00. The van der Waals surface area contributed by atoms with Gasteiger partial charge in [-0.05, 0) is 148 Å². The Bertz CT molecular complexity index is 1470. The number of amides is 1. The molecule has 0 saturated heterocycles. The number of fused-ring (bicyclic) bond motifs is 7. The minimum absolute atomic E-state index is 0.0467. The molecular formula is C44H70N2O6. The van der Waals surface area contributed by atoms with Crippen molar-refractivity contribution in [2.75, 3.05) is 13.1 Å². The normalized spacial score (nSPS) is 42.6. The summed E-state index contributed by atoms with van der Waals surface area (Å²) in [6.45, 7) is 21.2. The maximum absolute atomic E-state index is 13.9. The van der Waals surface area contributed by atoms with Crippen molar-refractivity contribution < 1.29 is 29.4 Å². The van der Waals surface area contributed by atoms with Crippen LogP contribution >= 0.6 is 0 Å². The van der Waals surface area contributed by atoms with Crippen LogP contribution in [0.4, 0.5) is 0 Å². The molecule has 13 atom stereocenters. The van der Waals surface area contributed by atoms with E-state index >= 15 is 0 Å². The molecule has 4 N–H and O–H groups in total. The molecule has 0 bridgehead atoms. The summed E-state index contributed by atoms with van der Waals surface area (Å²) in [4.78, 5) is 50.4. The number of aliphatic hydroxyl groups is 1. The number of aliphatic carboxylic acids is 1. The second-order valence-corrected chi connectivity index (χ2v) is 20.5. The minimum atomic E-state index is -0.761. The van der Waals surface area contributed by atoms with Crippen molar-refractivity contribution in [2.45, 2.75) is 151 Å². The van der Waals surface area contributed by atoms with Crippen LogP contribution in [0.3, 0.4) is 0 Å². The zero-order chi connectivity index (χ0) is 38.2. The van der Waals surface area contributed by atoms with E-state index in [1.54, 1.807) is 6.92 Å². The van der Waals surface area contributed by atoms with Gasteiger partial charge in [0, 0.05) is 30.7 Å². The van der Waals surface area contributed by atoms with E-state index in [0.29, 0.717) is 73.4 Å². The molecule has 8 nitrogen and oxygen atoms in total. The number of carbonyl (C=O) groups is 4. The molecule has 0 radical (unpaired) electrons. The van der Waals surface area contributed by atoms with Crippen molar-refractivity contribution >= 4 is 23.9 Å². The molecule has 0 heterocycles. The van der Waals surface area contributed by atoms with Crippen LogP contribution in [0.5, 0.6) is 0 Å². The Morgan fingerprint density at radius 1 is 0.962 bits per heavy atom. The van der Waals surface area contributed by atoms with E-state index in [1.165, 1.54) is 24.8 Å². The zero-order valence-corrected chi connectivity index (χ0v) is 33.8. The molecule has 1 amide bonds. The highest BCUT2D eigenvalue weighted by Gasteiger charge is 2.66. The second kappa shape index (κ2) is 13.9. The van der Waals surface area contributed by atoms with Crippen molar-refractivity contribution in [1.29, 1.82) is 0 Å².